The van der Waals surface area contributed by atoms with E-state index in [4.69, 9.17) is 0 Å². The summed E-state index contributed by atoms with van der Waals surface area (Å²) in [5, 5.41) is 3.03. The maximum atomic E-state index is 12.1. The van der Waals surface area contributed by atoms with Crippen LogP contribution in [0, 0.1) is 6.92 Å². The Hall–Kier alpha value is -0.910. The zero-order valence-corrected chi connectivity index (χ0v) is 15.1. The van der Waals surface area contributed by atoms with E-state index in [1.807, 2.05) is 0 Å². The lowest BCUT2D eigenvalue weighted by Crippen LogP contribution is -2.49. The Morgan fingerprint density at radius 2 is 2.27 bits per heavy atom. The standard InChI is InChI=1S/C17H29N3OS/c1-5-20-9-8-15(10-13(20)2)19(4)12-17(21)18-11-16-7-6-14(3)22-16/h6-7,13,15H,5,8-12H2,1-4H3,(H,18,21)/t13-,15-/m0/s1. The number of hydrogen-bond donors (Lipinski definition) is 1. The van der Waals surface area contributed by atoms with E-state index in [9.17, 15) is 4.79 Å². The van der Waals surface area contributed by atoms with Crippen molar-refractivity contribution < 1.29 is 4.79 Å². The fraction of sp³-hybridized carbons (Fsp3) is 0.706. The zero-order chi connectivity index (χ0) is 16.1. The molecule has 5 heteroatoms. The van der Waals surface area contributed by atoms with E-state index in [-0.39, 0.29) is 5.91 Å². The van der Waals surface area contributed by atoms with E-state index in [2.05, 4.69) is 55.1 Å². The van der Waals surface area contributed by atoms with Gasteiger partial charge in [-0.25, -0.2) is 0 Å². The first kappa shape index (κ1) is 17.4. The summed E-state index contributed by atoms with van der Waals surface area (Å²) in [7, 11) is 2.08. The molecule has 2 atom stereocenters. The predicted molar refractivity (Wildman–Crippen MR) is 93.3 cm³/mol. The van der Waals surface area contributed by atoms with Crippen LogP contribution in [0.1, 0.15) is 36.4 Å². The van der Waals surface area contributed by atoms with Gasteiger partial charge in [-0.2, -0.15) is 0 Å². The van der Waals surface area contributed by atoms with Gasteiger partial charge in [-0.05, 0) is 59.0 Å². The summed E-state index contributed by atoms with van der Waals surface area (Å²) < 4.78 is 0. The van der Waals surface area contributed by atoms with Crippen molar-refractivity contribution in [2.24, 2.45) is 0 Å². The molecule has 1 saturated heterocycles. The Morgan fingerprint density at radius 1 is 1.50 bits per heavy atom. The van der Waals surface area contributed by atoms with Crippen molar-refractivity contribution in [2.75, 3.05) is 26.7 Å². The maximum Gasteiger partial charge on any atom is 0.234 e. The molecule has 0 saturated carbocycles. The van der Waals surface area contributed by atoms with Crippen LogP contribution < -0.4 is 5.32 Å². The molecule has 0 aliphatic carbocycles. The van der Waals surface area contributed by atoms with Crippen LogP contribution in [0.4, 0.5) is 0 Å². The topological polar surface area (TPSA) is 35.6 Å². The van der Waals surface area contributed by atoms with E-state index in [1.165, 1.54) is 9.75 Å². The van der Waals surface area contributed by atoms with E-state index in [1.54, 1.807) is 11.3 Å². The quantitative estimate of drug-likeness (QED) is 0.873. The number of likely N-dealkylation sites (tertiary alicyclic amines) is 1. The highest BCUT2D eigenvalue weighted by molar-refractivity contribution is 7.11. The van der Waals surface area contributed by atoms with Gasteiger partial charge in [-0.3, -0.25) is 9.69 Å². The second-order valence-corrected chi connectivity index (χ2v) is 7.73. The van der Waals surface area contributed by atoms with Crippen LogP contribution in [0.25, 0.3) is 0 Å². The number of aryl methyl sites for hydroxylation is 1. The molecule has 124 valence electrons. The van der Waals surface area contributed by atoms with Crippen LogP contribution in [0.3, 0.4) is 0 Å². The normalized spacial score (nSPS) is 23.0. The van der Waals surface area contributed by atoms with Crippen LogP contribution in [0.2, 0.25) is 0 Å². The highest BCUT2D eigenvalue weighted by Crippen LogP contribution is 2.20. The predicted octanol–water partition coefficient (Wildman–Crippen LogP) is 2.48. The van der Waals surface area contributed by atoms with Crippen molar-refractivity contribution in [3.8, 4) is 0 Å². The van der Waals surface area contributed by atoms with Crippen molar-refractivity contribution in [1.82, 2.24) is 15.1 Å². The first-order chi connectivity index (χ1) is 10.5. The number of thiophene rings is 1. The molecule has 0 spiro atoms. The summed E-state index contributed by atoms with van der Waals surface area (Å²) in [4.78, 5) is 19.4. The first-order valence-corrected chi connectivity index (χ1v) is 9.07. The lowest BCUT2D eigenvalue weighted by molar-refractivity contribution is -0.122. The number of nitrogens with one attached hydrogen (secondary N) is 1. The van der Waals surface area contributed by atoms with E-state index >= 15 is 0 Å². The minimum Gasteiger partial charge on any atom is -0.350 e. The van der Waals surface area contributed by atoms with E-state index in [0.717, 1.165) is 25.9 Å². The monoisotopic (exact) mass is 323 g/mol. The molecule has 1 aromatic heterocycles. The van der Waals surface area contributed by atoms with Crippen molar-refractivity contribution in [1.29, 1.82) is 0 Å². The fourth-order valence-electron chi connectivity index (χ4n) is 3.24. The molecule has 1 aliphatic rings. The van der Waals surface area contributed by atoms with Crippen LogP contribution >= 0.6 is 11.3 Å². The lowest BCUT2D eigenvalue weighted by Gasteiger charge is -2.40. The number of rotatable bonds is 6. The van der Waals surface area contributed by atoms with Crippen molar-refractivity contribution >= 4 is 17.2 Å². The summed E-state index contributed by atoms with van der Waals surface area (Å²) in [5.74, 6) is 0.124. The van der Waals surface area contributed by atoms with Gasteiger partial charge in [0, 0.05) is 21.8 Å². The molecule has 0 unspecified atom stereocenters. The molecule has 0 radical (unpaired) electrons. The van der Waals surface area contributed by atoms with Gasteiger partial charge < -0.3 is 10.2 Å². The first-order valence-electron chi connectivity index (χ1n) is 8.26. The second kappa shape index (κ2) is 8.09. The molecule has 1 amide bonds. The number of carbonyl (C=O) groups is 1. The molecule has 1 aliphatic heterocycles. The average Bonchev–Trinajstić information content (AvgIpc) is 2.90. The molecule has 0 aromatic carbocycles. The number of likely N-dealkylation sites (N-methyl/N-ethyl adjacent to an activating group) is 1. The Kier molecular flexibility index (Phi) is 6.41. The van der Waals surface area contributed by atoms with Gasteiger partial charge in [0.15, 0.2) is 0 Å². The number of carbonyl (C=O) groups excluding carboxylic acids is 1. The number of piperidine rings is 1. The summed E-state index contributed by atoms with van der Waals surface area (Å²) in [6.45, 7) is 10.0. The van der Waals surface area contributed by atoms with Crippen molar-refractivity contribution in [2.45, 2.75) is 52.2 Å². The Balaban J connectivity index is 1.74. The van der Waals surface area contributed by atoms with E-state index < -0.39 is 0 Å². The fourth-order valence-corrected chi connectivity index (χ4v) is 4.07. The SMILES string of the molecule is CCN1CC[C@H](N(C)CC(=O)NCc2ccc(C)s2)C[C@@H]1C. The minimum absolute atomic E-state index is 0.124. The third-order valence-corrected chi connectivity index (χ3v) is 5.67. The Morgan fingerprint density at radius 3 is 2.86 bits per heavy atom. The highest BCUT2D eigenvalue weighted by Gasteiger charge is 2.27. The summed E-state index contributed by atoms with van der Waals surface area (Å²) in [6.07, 6.45) is 2.31. The zero-order valence-electron chi connectivity index (χ0n) is 14.3. The molecular weight excluding hydrogens is 294 g/mol. The Bertz CT molecular complexity index is 488. The summed E-state index contributed by atoms with van der Waals surface area (Å²) >= 11 is 1.75. The van der Waals surface area contributed by atoms with Gasteiger partial charge in [0.1, 0.15) is 0 Å². The smallest absolute Gasteiger partial charge is 0.234 e. The summed E-state index contributed by atoms with van der Waals surface area (Å²) in [6, 6.07) is 5.32. The minimum atomic E-state index is 0.124. The van der Waals surface area contributed by atoms with Gasteiger partial charge in [-0.1, -0.05) is 6.92 Å². The lowest BCUT2D eigenvalue weighted by atomic mass is 9.97. The van der Waals surface area contributed by atoms with Crippen LogP contribution in [0.5, 0.6) is 0 Å². The summed E-state index contributed by atoms with van der Waals surface area (Å²) in [5.41, 5.74) is 0. The molecule has 22 heavy (non-hydrogen) atoms. The van der Waals surface area contributed by atoms with Crippen molar-refractivity contribution in [3.05, 3.63) is 21.9 Å². The van der Waals surface area contributed by atoms with Gasteiger partial charge >= 0.3 is 0 Å². The van der Waals surface area contributed by atoms with Crippen LogP contribution in [-0.4, -0.2) is 54.5 Å². The number of nitrogens with zero attached hydrogens (tertiary/aromatic N) is 2. The third kappa shape index (κ3) is 4.80. The largest absolute Gasteiger partial charge is 0.350 e. The van der Waals surface area contributed by atoms with Gasteiger partial charge in [-0.15, -0.1) is 11.3 Å². The maximum absolute atomic E-state index is 12.1. The average molecular weight is 324 g/mol. The molecule has 0 bridgehead atoms. The third-order valence-electron chi connectivity index (χ3n) is 4.66. The molecule has 2 heterocycles. The van der Waals surface area contributed by atoms with E-state index in [0.29, 0.717) is 25.2 Å². The molecule has 1 aromatic rings. The Labute approximate surface area is 138 Å². The second-order valence-electron chi connectivity index (χ2n) is 6.36. The van der Waals surface area contributed by atoms with Gasteiger partial charge in [0.05, 0.1) is 13.1 Å². The number of amides is 1. The van der Waals surface area contributed by atoms with Gasteiger partial charge in [0.25, 0.3) is 0 Å². The molecule has 1 fully saturated rings. The van der Waals surface area contributed by atoms with Crippen LogP contribution in [0.15, 0.2) is 12.1 Å². The highest BCUT2D eigenvalue weighted by atomic mass is 32.1. The van der Waals surface area contributed by atoms with Gasteiger partial charge in [0.2, 0.25) is 5.91 Å². The molecule has 2 rings (SSSR count). The van der Waals surface area contributed by atoms with Crippen molar-refractivity contribution in [3.63, 3.8) is 0 Å². The molecule has 1 N–H and O–H groups in total. The molecular formula is C17H29N3OS. The van der Waals surface area contributed by atoms with Crippen LogP contribution in [-0.2, 0) is 11.3 Å². The molecule has 4 nitrogen and oxygen atoms in total. The number of hydrogen-bond acceptors (Lipinski definition) is 4.